The van der Waals surface area contributed by atoms with Crippen LogP contribution in [0.3, 0.4) is 0 Å². The second kappa shape index (κ2) is 8.67. The van der Waals surface area contributed by atoms with Gasteiger partial charge in [0.05, 0.1) is 12.1 Å². The van der Waals surface area contributed by atoms with E-state index in [0.29, 0.717) is 5.92 Å². The van der Waals surface area contributed by atoms with Crippen molar-refractivity contribution in [2.75, 3.05) is 26.2 Å². The third-order valence-electron chi connectivity index (χ3n) is 5.93. The van der Waals surface area contributed by atoms with Crippen LogP contribution in [0.25, 0.3) is 0 Å². The molecule has 0 aromatic heterocycles. The van der Waals surface area contributed by atoms with Gasteiger partial charge in [-0.15, -0.1) is 0 Å². The van der Waals surface area contributed by atoms with Crippen molar-refractivity contribution in [1.82, 2.24) is 15.1 Å². The normalized spacial score (nSPS) is 21.4. The predicted molar refractivity (Wildman–Crippen MR) is 103 cm³/mol. The third-order valence-corrected chi connectivity index (χ3v) is 5.93. The van der Waals surface area contributed by atoms with Crippen molar-refractivity contribution in [2.45, 2.75) is 51.6 Å². The first-order valence-corrected chi connectivity index (χ1v) is 9.91. The Morgan fingerprint density at radius 1 is 1.04 bits per heavy atom. The SMILES string of the molecule is CC(=O)N1CCN(C(C(=O)NC(C)c2ccccc2)C2CCCC2)CC1. The fourth-order valence-electron chi connectivity index (χ4n) is 4.39. The molecule has 3 rings (SSSR count). The molecule has 1 aliphatic heterocycles. The van der Waals surface area contributed by atoms with Crippen molar-refractivity contribution in [3.63, 3.8) is 0 Å². The zero-order chi connectivity index (χ0) is 18.5. The van der Waals surface area contributed by atoms with Gasteiger partial charge < -0.3 is 10.2 Å². The van der Waals surface area contributed by atoms with Crippen molar-refractivity contribution < 1.29 is 9.59 Å². The lowest BCUT2D eigenvalue weighted by molar-refractivity contribution is -0.134. The number of piperazine rings is 1. The Bertz CT molecular complexity index is 605. The van der Waals surface area contributed by atoms with E-state index in [4.69, 9.17) is 0 Å². The average Bonchev–Trinajstić information content (AvgIpc) is 3.17. The van der Waals surface area contributed by atoms with Crippen LogP contribution in [0.15, 0.2) is 30.3 Å². The lowest BCUT2D eigenvalue weighted by Gasteiger charge is -2.40. The maximum absolute atomic E-state index is 13.2. The molecule has 1 saturated carbocycles. The molecular formula is C21H31N3O2. The molecule has 2 unspecified atom stereocenters. The molecule has 0 spiro atoms. The number of nitrogens with one attached hydrogen (secondary N) is 1. The number of carbonyl (C=O) groups excluding carboxylic acids is 2. The standard InChI is InChI=1S/C21H31N3O2/c1-16(18-8-4-3-5-9-18)22-21(26)20(19-10-6-7-11-19)24-14-12-23(13-15-24)17(2)25/h3-5,8-9,16,19-20H,6-7,10-15H2,1-2H3,(H,22,26). The van der Waals surface area contributed by atoms with Crippen LogP contribution >= 0.6 is 0 Å². The molecule has 2 fully saturated rings. The van der Waals surface area contributed by atoms with Gasteiger partial charge in [0.15, 0.2) is 0 Å². The Hall–Kier alpha value is -1.88. The predicted octanol–water partition coefficient (Wildman–Crippen LogP) is 2.59. The van der Waals surface area contributed by atoms with E-state index in [0.717, 1.165) is 44.6 Å². The Balaban J connectivity index is 1.68. The molecule has 0 bridgehead atoms. The van der Waals surface area contributed by atoms with Crippen LogP contribution in [0.5, 0.6) is 0 Å². The third kappa shape index (κ3) is 4.44. The minimum absolute atomic E-state index is 0.00566. The molecule has 1 aliphatic carbocycles. The first-order chi connectivity index (χ1) is 12.6. The molecule has 2 aliphatic rings. The topological polar surface area (TPSA) is 52.7 Å². The molecular weight excluding hydrogens is 326 g/mol. The first kappa shape index (κ1) is 18.9. The molecule has 5 nitrogen and oxygen atoms in total. The zero-order valence-electron chi connectivity index (χ0n) is 16.0. The van der Waals surface area contributed by atoms with Gasteiger partial charge in [-0.05, 0) is 31.2 Å². The quantitative estimate of drug-likeness (QED) is 0.881. The molecule has 2 amide bonds. The van der Waals surface area contributed by atoms with E-state index in [1.54, 1.807) is 6.92 Å². The zero-order valence-corrected chi connectivity index (χ0v) is 16.0. The lowest BCUT2D eigenvalue weighted by atomic mass is 9.94. The molecule has 1 heterocycles. The van der Waals surface area contributed by atoms with Gasteiger partial charge >= 0.3 is 0 Å². The summed E-state index contributed by atoms with van der Waals surface area (Å²) in [6.07, 6.45) is 4.70. The Kier molecular flexibility index (Phi) is 6.30. The van der Waals surface area contributed by atoms with E-state index in [-0.39, 0.29) is 23.9 Å². The van der Waals surface area contributed by atoms with Gasteiger partial charge in [-0.3, -0.25) is 14.5 Å². The lowest BCUT2D eigenvalue weighted by Crippen LogP contribution is -2.57. The minimum Gasteiger partial charge on any atom is -0.348 e. The van der Waals surface area contributed by atoms with Crippen molar-refractivity contribution in [3.05, 3.63) is 35.9 Å². The highest BCUT2D eigenvalue weighted by atomic mass is 16.2. The van der Waals surface area contributed by atoms with Gasteiger partial charge in [0.2, 0.25) is 11.8 Å². The van der Waals surface area contributed by atoms with Crippen LogP contribution in [0.1, 0.15) is 51.1 Å². The maximum Gasteiger partial charge on any atom is 0.238 e. The Morgan fingerprint density at radius 3 is 2.23 bits per heavy atom. The van der Waals surface area contributed by atoms with Crippen LogP contribution in [0.2, 0.25) is 0 Å². The second-order valence-corrected chi connectivity index (χ2v) is 7.67. The molecule has 2 atom stereocenters. The highest BCUT2D eigenvalue weighted by molar-refractivity contribution is 5.82. The van der Waals surface area contributed by atoms with E-state index in [2.05, 4.69) is 22.3 Å². The average molecular weight is 357 g/mol. The van der Waals surface area contributed by atoms with E-state index in [1.807, 2.05) is 30.0 Å². The van der Waals surface area contributed by atoms with E-state index in [9.17, 15) is 9.59 Å². The molecule has 1 saturated heterocycles. The van der Waals surface area contributed by atoms with Gasteiger partial charge in [0, 0.05) is 33.1 Å². The van der Waals surface area contributed by atoms with Gasteiger partial charge in [0.1, 0.15) is 0 Å². The summed E-state index contributed by atoms with van der Waals surface area (Å²) in [5.41, 5.74) is 1.13. The maximum atomic E-state index is 13.2. The van der Waals surface area contributed by atoms with Gasteiger partial charge in [-0.25, -0.2) is 0 Å². The smallest absolute Gasteiger partial charge is 0.238 e. The van der Waals surface area contributed by atoms with Crippen LogP contribution in [-0.4, -0.2) is 53.8 Å². The number of hydrogen-bond donors (Lipinski definition) is 1. The van der Waals surface area contributed by atoms with E-state index in [1.165, 1.54) is 12.8 Å². The number of hydrogen-bond acceptors (Lipinski definition) is 3. The van der Waals surface area contributed by atoms with Crippen molar-refractivity contribution in [3.8, 4) is 0 Å². The molecule has 1 aromatic rings. The highest BCUT2D eigenvalue weighted by Crippen LogP contribution is 2.31. The fraction of sp³-hybridized carbons (Fsp3) is 0.619. The molecule has 0 radical (unpaired) electrons. The van der Waals surface area contributed by atoms with Crippen LogP contribution in [0.4, 0.5) is 0 Å². The van der Waals surface area contributed by atoms with E-state index >= 15 is 0 Å². The molecule has 5 heteroatoms. The second-order valence-electron chi connectivity index (χ2n) is 7.67. The largest absolute Gasteiger partial charge is 0.348 e. The highest BCUT2D eigenvalue weighted by Gasteiger charge is 2.37. The molecule has 1 N–H and O–H groups in total. The van der Waals surface area contributed by atoms with Gasteiger partial charge in [0.25, 0.3) is 0 Å². The summed E-state index contributed by atoms with van der Waals surface area (Å²) in [5.74, 6) is 0.704. The molecule has 26 heavy (non-hydrogen) atoms. The summed E-state index contributed by atoms with van der Waals surface area (Å²) in [5, 5.41) is 3.24. The van der Waals surface area contributed by atoms with Crippen LogP contribution in [0, 0.1) is 5.92 Å². The Morgan fingerprint density at radius 2 is 1.65 bits per heavy atom. The number of amides is 2. The summed E-state index contributed by atoms with van der Waals surface area (Å²) >= 11 is 0. The Labute approximate surface area is 156 Å². The van der Waals surface area contributed by atoms with Crippen molar-refractivity contribution >= 4 is 11.8 Å². The first-order valence-electron chi connectivity index (χ1n) is 9.91. The number of nitrogens with zero attached hydrogens (tertiary/aromatic N) is 2. The van der Waals surface area contributed by atoms with Crippen LogP contribution in [-0.2, 0) is 9.59 Å². The van der Waals surface area contributed by atoms with Crippen LogP contribution < -0.4 is 5.32 Å². The molecule has 142 valence electrons. The number of carbonyl (C=O) groups is 2. The van der Waals surface area contributed by atoms with Gasteiger partial charge in [-0.1, -0.05) is 43.2 Å². The monoisotopic (exact) mass is 357 g/mol. The van der Waals surface area contributed by atoms with Crippen molar-refractivity contribution in [2.24, 2.45) is 5.92 Å². The molecule has 1 aromatic carbocycles. The summed E-state index contributed by atoms with van der Waals surface area (Å²) in [6.45, 7) is 6.69. The summed E-state index contributed by atoms with van der Waals surface area (Å²) in [7, 11) is 0. The fourth-order valence-corrected chi connectivity index (χ4v) is 4.39. The summed E-state index contributed by atoms with van der Waals surface area (Å²) in [4.78, 5) is 29.0. The number of benzene rings is 1. The minimum atomic E-state index is -0.0715. The van der Waals surface area contributed by atoms with Gasteiger partial charge in [-0.2, -0.15) is 0 Å². The van der Waals surface area contributed by atoms with E-state index < -0.39 is 0 Å². The number of rotatable bonds is 5. The summed E-state index contributed by atoms with van der Waals surface area (Å²) in [6, 6.07) is 10.1. The van der Waals surface area contributed by atoms with Crippen molar-refractivity contribution in [1.29, 1.82) is 0 Å². The summed E-state index contributed by atoms with van der Waals surface area (Å²) < 4.78 is 0.